The molecule has 0 bridgehead atoms. The molecule has 3 aromatic carbocycles. The van der Waals surface area contributed by atoms with E-state index in [9.17, 15) is 9.59 Å². The first kappa shape index (κ1) is 27.8. The van der Waals surface area contributed by atoms with Crippen LogP contribution in [-0.2, 0) is 0 Å². The van der Waals surface area contributed by atoms with Gasteiger partial charge in [-0.15, -0.1) is 0 Å². The molecule has 3 amide bonds. The monoisotopic (exact) mass is 529 g/mol. The van der Waals surface area contributed by atoms with Crippen LogP contribution in [0.2, 0.25) is 0 Å². The number of nitrogens with one attached hydrogen (secondary N) is 3. The van der Waals surface area contributed by atoms with Crippen LogP contribution in [-0.4, -0.2) is 51.8 Å². The van der Waals surface area contributed by atoms with Crippen LogP contribution in [0.3, 0.4) is 0 Å². The summed E-state index contributed by atoms with van der Waals surface area (Å²) >= 11 is 0. The fraction of sp³-hybridized carbons (Fsp3) is 0.355. The molecule has 1 aliphatic heterocycles. The van der Waals surface area contributed by atoms with Gasteiger partial charge in [-0.25, -0.2) is 4.79 Å². The van der Waals surface area contributed by atoms with E-state index in [4.69, 9.17) is 4.74 Å². The summed E-state index contributed by atoms with van der Waals surface area (Å²) in [5.41, 5.74) is 4.07. The Morgan fingerprint density at radius 1 is 0.897 bits per heavy atom. The maximum absolute atomic E-state index is 13.6. The first-order valence-electron chi connectivity index (χ1n) is 13.7. The van der Waals surface area contributed by atoms with Crippen molar-refractivity contribution in [1.29, 1.82) is 0 Å². The van der Waals surface area contributed by atoms with Crippen molar-refractivity contribution in [3.05, 3.63) is 83.9 Å². The topological polar surface area (TPSA) is 85.9 Å². The lowest BCUT2D eigenvalue weighted by Crippen LogP contribution is -2.47. The molecule has 1 fully saturated rings. The van der Waals surface area contributed by atoms with E-state index in [0.29, 0.717) is 17.8 Å². The van der Waals surface area contributed by atoms with E-state index >= 15 is 0 Å². The van der Waals surface area contributed by atoms with Crippen molar-refractivity contribution < 1.29 is 14.3 Å². The fourth-order valence-electron chi connectivity index (χ4n) is 4.80. The predicted molar refractivity (Wildman–Crippen MR) is 158 cm³/mol. The summed E-state index contributed by atoms with van der Waals surface area (Å²) in [7, 11) is 1.69. The summed E-state index contributed by atoms with van der Waals surface area (Å²) in [5, 5.41) is 8.89. The lowest BCUT2D eigenvalue weighted by molar-refractivity contribution is 0.0940. The number of benzene rings is 3. The second-order valence-corrected chi connectivity index (χ2v) is 9.72. The molecule has 1 heterocycles. The van der Waals surface area contributed by atoms with E-state index in [1.165, 1.54) is 0 Å². The number of piperazine rings is 1. The molecule has 1 atom stereocenters. The second-order valence-electron chi connectivity index (χ2n) is 9.72. The van der Waals surface area contributed by atoms with Crippen LogP contribution >= 0.6 is 0 Å². The highest BCUT2D eigenvalue weighted by atomic mass is 16.5. The first-order chi connectivity index (χ1) is 19.0. The van der Waals surface area contributed by atoms with Crippen LogP contribution in [0.1, 0.15) is 48.7 Å². The zero-order valence-corrected chi connectivity index (χ0v) is 23.1. The Morgan fingerprint density at radius 2 is 1.56 bits per heavy atom. The average molecular weight is 530 g/mol. The third-order valence-electron chi connectivity index (χ3n) is 7.01. The molecule has 8 heteroatoms. The van der Waals surface area contributed by atoms with E-state index < -0.39 is 0 Å². The van der Waals surface area contributed by atoms with Gasteiger partial charge in [0.25, 0.3) is 5.91 Å². The minimum Gasteiger partial charge on any atom is -0.495 e. The minimum atomic E-state index is -0.273. The van der Waals surface area contributed by atoms with E-state index in [1.807, 2.05) is 67.6 Å². The van der Waals surface area contributed by atoms with Gasteiger partial charge in [0.15, 0.2) is 0 Å². The molecule has 0 spiro atoms. The quantitative estimate of drug-likeness (QED) is 0.305. The van der Waals surface area contributed by atoms with Gasteiger partial charge in [0.2, 0.25) is 0 Å². The third kappa shape index (κ3) is 7.22. The van der Waals surface area contributed by atoms with Crippen molar-refractivity contribution in [2.24, 2.45) is 0 Å². The maximum Gasteiger partial charge on any atom is 0.319 e. The summed E-state index contributed by atoms with van der Waals surface area (Å²) in [6, 6.07) is 23.1. The number of anilines is 3. The highest BCUT2D eigenvalue weighted by Crippen LogP contribution is 2.31. The molecule has 1 saturated heterocycles. The lowest BCUT2D eigenvalue weighted by atomic mass is 10.1. The third-order valence-corrected chi connectivity index (χ3v) is 7.01. The minimum absolute atomic E-state index is 0.164. The Balaban J connectivity index is 1.53. The number of hydrogen-bond donors (Lipinski definition) is 3. The second kappa shape index (κ2) is 13.6. The Kier molecular flexibility index (Phi) is 9.67. The highest BCUT2D eigenvalue weighted by molar-refractivity contribution is 6.02. The zero-order valence-electron chi connectivity index (χ0n) is 23.1. The van der Waals surface area contributed by atoms with Gasteiger partial charge in [-0.2, -0.15) is 0 Å². The van der Waals surface area contributed by atoms with Gasteiger partial charge < -0.3 is 30.5 Å². The van der Waals surface area contributed by atoms with Gasteiger partial charge in [0, 0.05) is 44.1 Å². The number of carbonyl (C=O) groups is 2. The summed E-state index contributed by atoms with van der Waals surface area (Å²) in [5.74, 6) is 0.678. The SMILES string of the molecule is CCCCNC(=O)Nc1ccc(N2CCN(c3ccccc3OC)CC2)c(C(=O)NC(C)c2ccccc2)c1. The van der Waals surface area contributed by atoms with Crippen molar-refractivity contribution >= 4 is 29.0 Å². The van der Waals surface area contributed by atoms with Gasteiger partial charge in [0.1, 0.15) is 5.75 Å². The van der Waals surface area contributed by atoms with Crippen molar-refractivity contribution in [2.45, 2.75) is 32.7 Å². The summed E-state index contributed by atoms with van der Waals surface area (Å²) in [6.45, 7) is 7.74. The molecule has 0 aromatic heterocycles. The standard InChI is InChI=1S/C31H39N5O3/c1-4-5-17-32-31(38)34-25-15-16-27(26(22-25)30(37)33-23(2)24-11-7-6-8-12-24)35-18-20-36(21-19-35)28-13-9-10-14-29(28)39-3/h6-16,22-23H,4-5,17-21H2,1-3H3,(H,33,37)(H2,32,34,38). The molecule has 3 aromatic rings. The number of nitrogens with zero attached hydrogens (tertiary/aromatic N) is 2. The average Bonchev–Trinajstić information content (AvgIpc) is 2.97. The number of rotatable bonds is 10. The summed E-state index contributed by atoms with van der Waals surface area (Å²) in [4.78, 5) is 30.6. The van der Waals surface area contributed by atoms with Gasteiger partial charge in [0.05, 0.1) is 24.4 Å². The fourth-order valence-corrected chi connectivity index (χ4v) is 4.80. The number of unbranched alkanes of at least 4 members (excludes halogenated alkanes) is 1. The van der Waals surface area contributed by atoms with Crippen LogP contribution in [0.5, 0.6) is 5.75 Å². The largest absolute Gasteiger partial charge is 0.495 e. The van der Waals surface area contributed by atoms with Crippen LogP contribution in [0.4, 0.5) is 21.9 Å². The number of carbonyl (C=O) groups excluding carboxylic acids is 2. The molecule has 4 rings (SSSR count). The predicted octanol–water partition coefficient (Wildman–Crippen LogP) is 5.43. The van der Waals surface area contributed by atoms with Gasteiger partial charge >= 0.3 is 6.03 Å². The molecular weight excluding hydrogens is 490 g/mol. The molecule has 206 valence electrons. The van der Waals surface area contributed by atoms with Crippen molar-refractivity contribution in [3.8, 4) is 5.75 Å². The number of hydrogen-bond acceptors (Lipinski definition) is 5. The van der Waals surface area contributed by atoms with Crippen LogP contribution in [0.25, 0.3) is 0 Å². The number of urea groups is 1. The Morgan fingerprint density at radius 3 is 2.26 bits per heavy atom. The number of methoxy groups -OCH3 is 1. The smallest absolute Gasteiger partial charge is 0.319 e. The maximum atomic E-state index is 13.6. The van der Waals surface area contributed by atoms with Crippen molar-refractivity contribution in [3.63, 3.8) is 0 Å². The van der Waals surface area contributed by atoms with Gasteiger partial charge in [-0.1, -0.05) is 55.8 Å². The van der Waals surface area contributed by atoms with E-state index in [2.05, 4.69) is 38.7 Å². The Labute approximate surface area is 231 Å². The summed E-state index contributed by atoms with van der Waals surface area (Å²) < 4.78 is 5.56. The molecule has 3 N–H and O–H groups in total. The van der Waals surface area contributed by atoms with E-state index in [-0.39, 0.29) is 18.0 Å². The molecule has 39 heavy (non-hydrogen) atoms. The zero-order chi connectivity index (χ0) is 27.6. The highest BCUT2D eigenvalue weighted by Gasteiger charge is 2.24. The molecular formula is C31H39N5O3. The molecule has 1 unspecified atom stereocenters. The number of ether oxygens (including phenoxy) is 1. The van der Waals surface area contributed by atoms with Crippen LogP contribution in [0, 0.1) is 0 Å². The molecule has 0 saturated carbocycles. The number of amides is 3. The van der Waals surface area contributed by atoms with E-state index in [0.717, 1.165) is 61.7 Å². The number of para-hydroxylation sites is 2. The van der Waals surface area contributed by atoms with Crippen molar-refractivity contribution in [2.75, 3.05) is 55.0 Å². The van der Waals surface area contributed by atoms with E-state index in [1.54, 1.807) is 13.2 Å². The molecule has 1 aliphatic rings. The van der Waals surface area contributed by atoms with Crippen LogP contribution in [0.15, 0.2) is 72.8 Å². The molecule has 8 nitrogen and oxygen atoms in total. The molecule has 0 radical (unpaired) electrons. The van der Waals surface area contributed by atoms with Crippen molar-refractivity contribution in [1.82, 2.24) is 10.6 Å². The van der Waals surface area contributed by atoms with Gasteiger partial charge in [-0.3, -0.25) is 4.79 Å². The lowest BCUT2D eigenvalue weighted by Gasteiger charge is -2.38. The normalized spacial score (nSPS) is 13.9. The van der Waals surface area contributed by atoms with Crippen LogP contribution < -0.4 is 30.5 Å². The van der Waals surface area contributed by atoms with Gasteiger partial charge in [-0.05, 0) is 49.2 Å². The summed E-state index contributed by atoms with van der Waals surface area (Å²) in [6.07, 6.45) is 1.92. The molecule has 0 aliphatic carbocycles. The Bertz CT molecular complexity index is 1240. The Hall–Kier alpha value is -4.20. The first-order valence-corrected chi connectivity index (χ1v) is 13.7.